The van der Waals surface area contributed by atoms with Gasteiger partial charge in [-0.25, -0.2) is 4.79 Å². The molecule has 11 heavy (non-hydrogen) atoms. The van der Waals surface area contributed by atoms with Gasteiger partial charge in [-0.05, 0) is 24.7 Å². The van der Waals surface area contributed by atoms with Crippen molar-refractivity contribution >= 4 is 6.09 Å². The van der Waals surface area contributed by atoms with Crippen molar-refractivity contribution in [3.63, 3.8) is 0 Å². The number of carbonyl (C=O) groups is 1. The Kier molecular flexibility index (Phi) is 0.822. The lowest BCUT2D eigenvalue weighted by Gasteiger charge is -2.17. The molecule has 3 nitrogen and oxygen atoms in total. The smallest absolute Gasteiger partial charge is 0.410 e. The van der Waals surface area contributed by atoms with Gasteiger partial charge < -0.3 is 9.64 Å². The number of piperidine rings is 2. The summed E-state index contributed by atoms with van der Waals surface area (Å²) in [4.78, 5) is 13.1. The van der Waals surface area contributed by atoms with E-state index in [0.717, 1.165) is 11.8 Å². The zero-order chi connectivity index (χ0) is 7.59. The molecule has 0 bridgehead atoms. The lowest BCUT2D eigenvalue weighted by Crippen LogP contribution is -2.33. The van der Waals surface area contributed by atoms with Gasteiger partial charge in [-0.15, -0.1) is 0 Å². The van der Waals surface area contributed by atoms with Crippen molar-refractivity contribution in [2.75, 3.05) is 7.11 Å². The van der Waals surface area contributed by atoms with Crippen molar-refractivity contribution < 1.29 is 9.53 Å². The Hall–Kier alpha value is -0.730. The number of amides is 1. The number of hydrogen-bond donors (Lipinski definition) is 0. The zero-order valence-electron chi connectivity index (χ0n) is 6.49. The van der Waals surface area contributed by atoms with Crippen molar-refractivity contribution in [3.8, 4) is 0 Å². The summed E-state index contributed by atoms with van der Waals surface area (Å²) in [5, 5.41) is 0. The molecule has 0 aromatic rings. The molecule has 60 valence electrons. The Bertz CT molecular complexity index is 212. The summed E-state index contributed by atoms with van der Waals surface area (Å²) in [6.45, 7) is 0. The minimum atomic E-state index is -0.109. The fraction of sp³-hybridized carbons (Fsp3) is 0.875. The molecule has 4 unspecified atom stereocenters. The van der Waals surface area contributed by atoms with Gasteiger partial charge in [-0.2, -0.15) is 0 Å². The third-order valence-electron chi connectivity index (χ3n) is 3.26. The fourth-order valence-corrected chi connectivity index (χ4v) is 2.58. The van der Waals surface area contributed by atoms with Crippen LogP contribution in [0.3, 0.4) is 0 Å². The molecule has 1 aliphatic heterocycles. The van der Waals surface area contributed by atoms with Gasteiger partial charge in [-0.1, -0.05) is 0 Å². The summed E-state index contributed by atoms with van der Waals surface area (Å²) in [5.41, 5.74) is 0. The normalized spacial score (nSPS) is 49.7. The van der Waals surface area contributed by atoms with E-state index in [0.29, 0.717) is 12.1 Å². The molecule has 4 atom stereocenters. The van der Waals surface area contributed by atoms with Gasteiger partial charge in [0.2, 0.25) is 0 Å². The number of ether oxygens (including phenoxy) is 1. The maximum atomic E-state index is 11.2. The van der Waals surface area contributed by atoms with Crippen molar-refractivity contribution in [2.24, 2.45) is 11.8 Å². The highest BCUT2D eigenvalue weighted by molar-refractivity contribution is 5.70. The molecule has 0 N–H and O–H groups in total. The average Bonchev–Trinajstić information content (AvgIpc) is 2.85. The molecule has 1 saturated heterocycles. The van der Waals surface area contributed by atoms with Crippen molar-refractivity contribution in [1.82, 2.24) is 4.90 Å². The monoisotopic (exact) mass is 153 g/mol. The predicted molar refractivity (Wildman–Crippen MR) is 38.0 cm³/mol. The second-order valence-electron chi connectivity index (χ2n) is 3.81. The second-order valence-corrected chi connectivity index (χ2v) is 3.81. The lowest BCUT2D eigenvalue weighted by atomic mass is 10.3. The molecular formula is C8H11NO2. The van der Waals surface area contributed by atoms with Crippen LogP contribution in [0.5, 0.6) is 0 Å². The second kappa shape index (κ2) is 1.54. The van der Waals surface area contributed by atoms with Crippen LogP contribution in [0, 0.1) is 11.8 Å². The zero-order valence-corrected chi connectivity index (χ0v) is 6.49. The first-order chi connectivity index (χ1) is 5.33. The van der Waals surface area contributed by atoms with Crippen molar-refractivity contribution in [3.05, 3.63) is 0 Å². The molecule has 3 aliphatic rings. The Morgan fingerprint density at radius 3 is 2.36 bits per heavy atom. The fourth-order valence-electron chi connectivity index (χ4n) is 2.58. The summed E-state index contributed by atoms with van der Waals surface area (Å²) in [5.74, 6) is 1.69. The van der Waals surface area contributed by atoms with E-state index in [-0.39, 0.29) is 6.09 Å². The van der Waals surface area contributed by atoms with Gasteiger partial charge in [0.15, 0.2) is 0 Å². The third-order valence-corrected chi connectivity index (χ3v) is 3.26. The summed E-state index contributed by atoms with van der Waals surface area (Å²) in [7, 11) is 1.47. The standard InChI is InChI=1S/C8H11NO2/c1-11-8(10)9-6-2-4(6)5-3-7(5)9/h4-7H,2-3H2,1H3. The number of likely N-dealkylation sites (tertiary alicyclic amines) is 1. The molecule has 0 aromatic heterocycles. The van der Waals surface area contributed by atoms with Gasteiger partial charge in [0.05, 0.1) is 7.11 Å². The molecule has 3 fully saturated rings. The van der Waals surface area contributed by atoms with Crippen LogP contribution in [0.4, 0.5) is 4.79 Å². The van der Waals surface area contributed by atoms with Crippen LogP contribution in [0.2, 0.25) is 0 Å². The van der Waals surface area contributed by atoms with Crippen LogP contribution in [-0.2, 0) is 4.74 Å². The number of fused-ring (bicyclic) bond motifs is 3. The number of methoxy groups -OCH3 is 1. The summed E-state index contributed by atoms with van der Waals surface area (Å²) in [6.07, 6.45) is 2.36. The summed E-state index contributed by atoms with van der Waals surface area (Å²) in [6, 6.07) is 1.12. The number of hydrogen-bond acceptors (Lipinski definition) is 2. The topological polar surface area (TPSA) is 29.5 Å². The van der Waals surface area contributed by atoms with E-state index in [9.17, 15) is 4.79 Å². The first-order valence-corrected chi connectivity index (χ1v) is 4.19. The van der Waals surface area contributed by atoms with Crippen molar-refractivity contribution in [1.29, 1.82) is 0 Å². The highest BCUT2D eigenvalue weighted by atomic mass is 16.5. The number of carbonyl (C=O) groups excluding carboxylic acids is 1. The molecule has 1 amide bonds. The van der Waals surface area contributed by atoms with Crippen molar-refractivity contribution in [2.45, 2.75) is 24.9 Å². The van der Waals surface area contributed by atoms with E-state index in [1.807, 2.05) is 4.90 Å². The molecule has 0 spiro atoms. The Balaban J connectivity index is 1.82. The van der Waals surface area contributed by atoms with Gasteiger partial charge in [-0.3, -0.25) is 0 Å². The van der Waals surface area contributed by atoms with Crippen LogP contribution in [0.15, 0.2) is 0 Å². The van der Waals surface area contributed by atoms with Crippen LogP contribution in [0.1, 0.15) is 12.8 Å². The van der Waals surface area contributed by atoms with E-state index >= 15 is 0 Å². The Morgan fingerprint density at radius 1 is 1.36 bits per heavy atom. The van der Waals surface area contributed by atoms with Gasteiger partial charge >= 0.3 is 6.09 Å². The molecule has 1 heterocycles. The molecule has 3 rings (SSSR count). The highest BCUT2D eigenvalue weighted by Gasteiger charge is 2.68. The Morgan fingerprint density at radius 2 is 1.91 bits per heavy atom. The Labute approximate surface area is 65.3 Å². The van der Waals surface area contributed by atoms with Gasteiger partial charge in [0, 0.05) is 12.1 Å². The predicted octanol–water partition coefficient (Wildman–Crippen LogP) is 0.845. The van der Waals surface area contributed by atoms with Gasteiger partial charge in [0.25, 0.3) is 0 Å². The number of nitrogens with zero attached hydrogens (tertiary/aromatic N) is 1. The van der Waals surface area contributed by atoms with Crippen LogP contribution in [-0.4, -0.2) is 30.2 Å². The quantitative estimate of drug-likeness (QED) is 0.516. The average molecular weight is 153 g/mol. The maximum Gasteiger partial charge on any atom is 0.410 e. The largest absolute Gasteiger partial charge is 0.453 e. The SMILES string of the molecule is COC(=O)N1C2CC2C2CC21. The molecule has 0 aromatic carbocycles. The van der Waals surface area contributed by atoms with Crippen LogP contribution in [0.25, 0.3) is 0 Å². The molecule has 3 heteroatoms. The minimum absolute atomic E-state index is 0.109. The first kappa shape index (κ1) is 5.86. The maximum absolute atomic E-state index is 11.2. The van der Waals surface area contributed by atoms with Gasteiger partial charge in [0.1, 0.15) is 0 Å². The van der Waals surface area contributed by atoms with E-state index < -0.39 is 0 Å². The van der Waals surface area contributed by atoms with E-state index in [1.165, 1.54) is 20.0 Å². The van der Waals surface area contributed by atoms with Crippen LogP contribution < -0.4 is 0 Å². The number of rotatable bonds is 0. The van der Waals surface area contributed by atoms with E-state index in [2.05, 4.69) is 0 Å². The highest BCUT2D eigenvalue weighted by Crippen LogP contribution is 2.63. The minimum Gasteiger partial charge on any atom is -0.453 e. The molecule has 2 saturated carbocycles. The van der Waals surface area contributed by atoms with Crippen LogP contribution >= 0.6 is 0 Å². The van der Waals surface area contributed by atoms with E-state index in [4.69, 9.17) is 4.74 Å². The van der Waals surface area contributed by atoms with E-state index in [1.54, 1.807) is 0 Å². The third kappa shape index (κ3) is 0.572. The summed E-state index contributed by atoms with van der Waals surface area (Å²) < 4.78 is 4.72. The molecular weight excluding hydrogens is 142 g/mol. The first-order valence-electron chi connectivity index (χ1n) is 4.19. The summed E-state index contributed by atoms with van der Waals surface area (Å²) >= 11 is 0. The lowest BCUT2D eigenvalue weighted by molar-refractivity contribution is 0.121. The molecule has 0 radical (unpaired) electrons. The molecule has 2 aliphatic carbocycles.